The number of esters is 1. The van der Waals surface area contributed by atoms with Crippen molar-refractivity contribution >= 4 is 23.3 Å². The molecule has 1 aliphatic heterocycles. The molecule has 0 saturated carbocycles. The fourth-order valence-corrected chi connectivity index (χ4v) is 3.51. The Morgan fingerprint density at radius 1 is 1.00 bits per heavy atom. The first-order valence-electron chi connectivity index (χ1n) is 11.4. The summed E-state index contributed by atoms with van der Waals surface area (Å²) in [7, 11) is 0. The molecule has 0 aliphatic carbocycles. The Morgan fingerprint density at radius 2 is 1.69 bits per heavy atom. The highest BCUT2D eigenvalue weighted by Crippen LogP contribution is 2.31. The van der Waals surface area contributed by atoms with E-state index in [4.69, 9.17) is 14.2 Å². The Hall–Kier alpha value is -4.13. The van der Waals surface area contributed by atoms with Gasteiger partial charge in [0.2, 0.25) is 5.90 Å². The summed E-state index contributed by atoms with van der Waals surface area (Å²) < 4.78 is 17.3. The minimum absolute atomic E-state index is 0.00644. The molecule has 7 nitrogen and oxygen atoms in total. The number of Topliss-reactive ketones (excluding diaryl/α,β-unsaturated/α-hetero) is 1. The van der Waals surface area contributed by atoms with Gasteiger partial charge in [-0.05, 0) is 45.0 Å². The quantitative estimate of drug-likeness (QED) is 0.355. The van der Waals surface area contributed by atoms with Gasteiger partial charge >= 0.3 is 5.97 Å². The molecule has 0 spiro atoms. The largest absolute Gasteiger partial charge is 0.475 e. The standard InChI is InChI=1S/C28H28N2O5/c1-28(2,3)35-25(31)17-29-20-14-15-22(24(16-20)34-21-12-8-5-9-13-21)27-30-23(18-33-27)26(32)19-10-6-4-7-11-19/h4-16,23,29H,17-18H2,1-3H3/t23-/m0/s1. The number of para-hydroxylation sites is 1. The molecule has 180 valence electrons. The van der Waals surface area contributed by atoms with Gasteiger partial charge in [-0.3, -0.25) is 9.59 Å². The molecule has 0 amide bonds. The zero-order chi connectivity index (χ0) is 24.8. The van der Waals surface area contributed by atoms with E-state index in [1.54, 1.807) is 30.3 Å². The van der Waals surface area contributed by atoms with Crippen LogP contribution in [0.15, 0.2) is 83.9 Å². The van der Waals surface area contributed by atoms with Crippen LogP contribution in [0.5, 0.6) is 11.5 Å². The Bertz CT molecular complexity index is 1220. The second-order valence-corrected chi connectivity index (χ2v) is 9.06. The molecule has 1 atom stereocenters. The van der Waals surface area contributed by atoms with Gasteiger partial charge in [0.1, 0.15) is 30.3 Å². The Balaban J connectivity index is 1.57. The van der Waals surface area contributed by atoms with Crippen molar-refractivity contribution in [1.29, 1.82) is 0 Å². The number of nitrogens with one attached hydrogen (secondary N) is 1. The molecular weight excluding hydrogens is 444 g/mol. The zero-order valence-corrected chi connectivity index (χ0v) is 20.0. The third kappa shape index (κ3) is 6.47. The minimum atomic E-state index is -0.623. The van der Waals surface area contributed by atoms with E-state index in [0.717, 1.165) is 0 Å². The van der Waals surface area contributed by atoms with Crippen LogP contribution in [0.1, 0.15) is 36.7 Å². The molecule has 1 aliphatic rings. The van der Waals surface area contributed by atoms with Crippen LogP contribution < -0.4 is 10.1 Å². The van der Waals surface area contributed by atoms with Crippen LogP contribution in [-0.2, 0) is 14.3 Å². The maximum Gasteiger partial charge on any atom is 0.325 e. The summed E-state index contributed by atoms with van der Waals surface area (Å²) in [4.78, 5) is 29.5. The Labute approximate surface area is 204 Å². The van der Waals surface area contributed by atoms with Gasteiger partial charge in [0.25, 0.3) is 0 Å². The van der Waals surface area contributed by atoms with Crippen molar-refractivity contribution in [3.63, 3.8) is 0 Å². The van der Waals surface area contributed by atoms with Crippen LogP contribution in [0.4, 0.5) is 5.69 Å². The summed E-state index contributed by atoms with van der Waals surface area (Å²) >= 11 is 0. The second kappa shape index (κ2) is 10.4. The van der Waals surface area contributed by atoms with E-state index in [1.165, 1.54) is 0 Å². The van der Waals surface area contributed by atoms with Crippen molar-refractivity contribution in [2.24, 2.45) is 4.99 Å². The molecule has 0 unspecified atom stereocenters. The van der Waals surface area contributed by atoms with Crippen molar-refractivity contribution in [3.05, 3.63) is 90.0 Å². The molecule has 1 N–H and O–H groups in total. The van der Waals surface area contributed by atoms with Crippen molar-refractivity contribution < 1.29 is 23.8 Å². The molecule has 0 aromatic heterocycles. The van der Waals surface area contributed by atoms with Crippen LogP contribution in [-0.4, -0.2) is 42.4 Å². The number of ketones is 1. The lowest BCUT2D eigenvalue weighted by Crippen LogP contribution is -2.28. The van der Waals surface area contributed by atoms with Gasteiger partial charge in [-0.15, -0.1) is 0 Å². The molecule has 0 bridgehead atoms. The molecule has 7 heteroatoms. The molecule has 0 saturated heterocycles. The van der Waals surface area contributed by atoms with E-state index < -0.39 is 11.6 Å². The van der Waals surface area contributed by atoms with Crippen LogP contribution in [0.25, 0.3) is 0 Å². The van der Waals surface area contributed by atoms with Crippen LogP contribution >= 0.6 is 0 Å². The molecule has 0 fully saturated rings. The summed E-state index contributed by atoms with van der Waals surface area (Å²) in [5, 5.41) is 3.07. The first-order chi connectivity index (χ1) is 16.8. The average Bonchev–Trinajstić information content (AvgIpc) is 3.32. The van der Waals surface area contributed by atoms with Crippen LogP contribution in [0, 0.1) is 0 Å². The number of benzene rings is 3. The maximum absolute atomic E-state index is 12.8. The lowest BCUT2D eigenvalue weighted by Gasteiger charge is -2.20. The topological polar surface area (TPSA) is 86.2 Å². The van der Waals surface area contributed by atoms with Crippen molar-refractivity contribution in [1.82, 2.24) is 0 Å². The number of anilines is 1. The zero-order valence-electron chi connectivity index (χ0n) is 20.0. The third-order valence-electron chi connectivity index (χ3n) is 5.05. The highest BCUT2D eigenvalue weighted by atomic mass is 16.6. The molecular formula is C28H28N2O5. The first kappa shape index (κ1) is 24.0. The van der Waals surface area contributed by atoms with Gasteiger partial charge < -0.3 is 19.5 Å². The predicted molar refractivity (Wildman–Crippen MR) is 134 cm³/mol. The molecule has 3 aromatic carbocycles. The van der Waals surface area contributed by atoms with Gasteiger partial charge in [-0.25, -0.2) is 4.99 Å². The van der Waals surface area contributed by atoms with E-state index in [9.17, 15) is 9.59 Å². The van der Waals surface area contributed by atoms with E-state index >= 15 is 0 Å². The monoisotopic (exact) mass is 472 g/mol. The number of ether oxygens (including phenoxy) is 3. The van der Waals surface area contributed by atoms with Crippen molar-refractivity contribution in [2.45, 2.75) is 32.4 Å². The number of aliphatic imine (C=N–C) groups is 1. The number of rotatable bonds is 8. The summed E-state index contributed by atoms with van der Waals surface area (Å²) in [6, 6.07) is 23.1. The Morgan fingerprint density at radius 3 is 2.37 bits per heavy atom. The maximum atomic E-state index is 12.8. The smallest absolute Gasteiger partial charge is 0.325 e. The molecule has 0 radical (unpaired) electrons. The normalized spacial score (nSPS) is 15.1. The summed E-state index contributed by atoms with van der Waals surface area (Å²) in [5.41, 5.74) is 1.31. The summed E-state index contributed by atoms with van der Waals surface area (Å²) in [6.07, 6.45) is 0. The van der Waals surface area contributed by atoms with E-state index in [2.05, 4.69) is 10.3 Å². The van der Waals surface area contributed by atoms with Gasteiger partial charge in [0, 0.05) is 17.3 Å². The number of carbonyl (C=O) groups excluding carboxylic acids is 2. The summed E-state index contributed by atoms with van der Waals surface area (Å²) in [6.45, 7) is 5.63. The predicted octanol–water partition coefficient (Wildman–Crippen LogP) is 5.26. The highest BCUT2D eigenvalue weighted by Gasteiger charge is 2.29. The van der Waals surface area contributed by atoms with Gasteiger partial charge in [-0.1, -0.05) is 48.5 Å². The fraction of sp³-hybridized carbons (Fsp3) is 0.250. The molecule has 3 aromatic rings. The van der Waals surface area contributed by atoms with E-state index in [0.29, 0.717) is 34.2 Å². The van der Waals surface area contributed by atoms with Gasteiger partial charge in [0.05, 0.1) is 5.56 Å². The molecule has 35 heavy (non-hydrogen) atoms. The number of hydrogen-bond acceptors (Lipinski definition) is 7. The second-order valence-electron chi connectivity index (χ2n) is 9.06. The average molecular weight is 473 g/mol. The van der Waals surface area contributed by atoms with Crippen molar-refractivity contribution in [2.75, 3.05) is 18.5 Å². The van der Waals surface area contributed by atoms with Crippen molar-refractivity contribution in [3.8, 4) is 11.5 Å². The highest BCUT2D eigenvalue weighted by molar-refractivity contribution is 6.05. The number of carbonyl (C=O) groups is 2. The van der Waals surface area contributed by atoms with Crippen LogP contribution in [0.3, 0.4) is 0 Å². The van der Waals surface area contributed by atoms with Gasteiger partial charge in [0.15, 0.2) is 11.8 Å². The lowest BCUT2D eigenvalue weighted by atomic mass is 10.1. The minimum Gasteiger partial charge on any atom is -0.475 e. The van der Waals surface area contributed by atoms with E-state index in [-0.39, 0.29) is 24.9 Å². The van der Waals surface area contributed by atoms with E-state index in [1.807, 2.05) is 69.3 Å². The first-order valence-corrected chi connectivity index (χ1v) is 11.4. The molecule has 1 heterocycles. The number of hydrogen-bond donors (Lipinski definition) is 1. The Kier molecular flexibility index (Phi) is 7.15. The lowest BCUT2D eigenvalue weighted by molar-refractivity contribution is -0.152. The van der Waals surface area contributed by atoms with Crippen LogP contribution in [0.2, 0.25) is 0 Å². The third-order valence-corrected chi connectivity index (χ3v) is 5.05. The SMILES string of the molecule is CC(C)(C)OC(=O)CNc1ccc(C2=N[C@H](C(=O)c3ccccc3)CO2)c(Oc2ccccc2)c1. The number of nitrogens with zero attached hydrogens (tertiary/aromatic N) is 1. The fourth-order valence-electron chi connectivity index (χ4n) is 3.51. The van der Waals surface area contributed by atoms with Gasteiger partial charge in [-0.2, -0.15) is 0 Å². The summed E-state index contributed by atoms with van der Waals surface area (Å²) in [5.74, 6) is 0.994. The molecule has 4 rings (SSSR count).